The Morgan fingerprint density at radius 1 is 1.29 bits per heavy atom. The molecule has 1 aliphatic heterocycles. The Bertz CT molecular complexity index is 487. The van der Waals surface area contributed by atoms with Crippen LogP contribution in [0.3, 0.4) is 0 Å². The van der Waals surface area contributed by atoms with E-state index in [0.29, 0.717) is 18.9 Å². The quantitative estimate of drug-likeness (QED) is 0.854. The number of nitrogens with zero attached hydrogens (tertiary/aromatic N) is 2. The van der Waals surface area contributed by atoms with Crippen molar-refractivity contribution < 1.29 is 9.59 Å². The molecule has 0 aliphatic carbocycles. The van der Waals surface area contributed by atoms with Crippen molar-refractivity contribution in [3.63, 3.8) is 0 Å². The molecule has 1 saturated heterocycles. The summed E-state index contributed by atoms with van der Waals surface area (Å²) in [5.74, 6) is 0.713. The Hall–Kier alpha value is -1.84. The molecule has 2 amide bonds. The average molecular weight is 288 g/mol. The molecule has 0 spiro atoms. The summed E-state index contributed by atoms with van der Waals surface area (Å²) in [5, 5.41) is 0. The van der Waals surface area contributed by atoms with Gasteiger partial charge in [0.2, 0.25) is 11.8 Å². The zero-order valence-electron chi connectivity index (χ0n) is 12.9. The van der Waals surface area contributed by atoms with Crippen LogP contribution in [0.15, 0.2) is 30.3 Å². The van der Waals surface area contributed by atoms with E-state index < -0.39 is 0 Å². The largest absolute Gasteiger partial charge is 0.342 e. The lowest BCUT2D eigenvalue weighted by Gasteiger charge is -2.31. The van der Waals surface area contributed by atoms with Gasteiger partial charge in [-0.05, 0) is 30.9 Å². The predicted octanol–water partition coefficient (Wildman–Crippen LogP) is 2.69. The Kier molecular flexibility index (Phi) is 5.37. The fourth-order valence-corrected chi connectivity index (χ4v) is 2.86. The van der Waals surface area contributed by atoms with Crippen LogP contribution in [0.4, 0.5) is 5.69 Å². The van der Waals surface area contributed by atoms with Gasteiger partial charge in [0.1, 0.15) is 0 Å². The first-order valence-corrected chi connectivity index (χ1v) is 7.69. The first-order valence-electron chi connectivity index (χ1n) is 7.69. The van der Waals surface area contributed by atoms with Crippen molar-refractivity contribution in [2.45, 2.75) is 33.1 Å². The van der Waals surface area contributed by atoms with Crippen molar-refractivity contribution in [3.05, 3.63) is 30.3 Å². The molecule has 0 saturated carbocycles. The van der Waals surface area contributed by atoms with Crippen molar-refractivity contribution in [3.8, 4) is 0 Å². The van der Waals surface area contributed by atoms with Crippen LogP contribution in [0.5, 0.6) is 0 Å². The third kappa shape index (κ3) is 4.31. The molecule has 0 aromatic heterocycles. The third-order valence-electron chi connectivity index (χ3n) is 4.01. The number of hydrogen-bond acceptors (Lipinski definition) is 2. The third-order valence-corrected chi connectivity index (χ3v) is 4.01. The maximum atomic E-state index is 12.3. The van der Waals surface area contributed by atoms with E-state index in [9.17, 15) is 9.59 Å². The number of hydrogen-bond donors (Lipinski definition) is 0. The maximum absolute atomic E-state index is 12.3. The molecule has 1 aromatic rings. The van der Waals surface area contributed by atoms with Gasteiger partial charge in [0, 0.05) is 38.7 Å². The number of rotatable bonds is 4. The molecule has 1 heterocycles. The van der Waals surface area contributed by atoms with Gasteiger partial charge in [0.05, 0.1) is 0 Å². The first-order chi connectivity index (χ1) is 10.1. The van der Waals surface area contributed by atoms with Gasteiger partial charge >= 0.3 is 0 Å². The van der Waals surface area contributed by atoms with E-state index in [1.807, 2.05) is 35.2 Å². The van der Waals surface area contributed by atoms with Crippen molar-refractivity contribution in [2.24, 2.45) is 5.92 Å². The van der Waals surface area contributed by atoms with Gasteiger partial charge in [-0.25, -0.2) is 0 Å². The zero-order chi connectivity index (χ0) is 15.2. The van der Waals surface area contributed by atoms with Gasteiger partial charge in [-0.2, -0.15) is 0 Å². The molecule has 1 fully saturated rings. The summed E-state index contributed by atoms with van der Waals surface area (Å²) >= 11 is 0. The number of para-hydroxylation sites is 1. The molecule has 0 bridgehead atoms. The SMILES string of the molecule is CC(=O)N(CCC(=O)N1CCCC(C)C1)c1ccccc1. The molecule has 4 nitrogen and oxygen atoms in total. The molecule has 1 aromatic carbocycles. The van der Waals surface area contributed by atoms with Crippen LogP contribution in [0, 0.1) is 5.92 Å². The fraction of sp³-hybridized carbons (Fsp3) is 0.529. The Morgan fingerprint density at radius 2 is 2.00 bits per heavy atom. The van der Waals surface area contributed by atoms with Crippen LogP contribution in [-0.2, 0) is 9.59 Å². The number of carbonyl (C=O) groups excluding carboxylic acids is 2. The van der Waals surface area contributed by atoms with E-state index >= 15 is 0 Å². The molecule has 1 unspecified atom stereocenters. The topological polar surface area (TPSA) is 40.6 Å². The Balaban J connectivity index is 1.93. The Labute approximate surface area is 126 Å². The van der Waals surface area contributed by atoms with Crippen molar-refractivity contribution >= 4 is 17.5 Å². The smallest absolute Gasteiger partial charge is 0.224 e. The van der Waals surface area contributed by atoms with Gasteiger partial charge in [0.25, 0.3) is 0 Å². The van der Waals surface area contributed by atoms with Crippen LogP contribution >= 0.6 is 0 Å². The summed E-state index contributed by atoms with van der Waals surface area (Å²) in [5.41, 5.74) is 0.852. The summed E-state index contributed by atoms with van der Waals surface area (Å²) < 4.78 is 0. The lowest BCUT2D eigenvalue weighted by atomic mass is 10.00. The van der Waals surface area contributed by atoms with Crippen LogP contribution in [0.2, 0.25) is 0 Å². The second kappa shape index (κ2) is 7.25. The minimum atomic E-state index is -0.0268. The van der Waals surface area contributed by atoms with Crippen LogP contribution in [0.25, 0.3) is 0 Å². The van der Waals surface area contributed by atoms with Gasteiger partial charge in [-0.15, -0.1) is 0 Å². The van der Waals surface area contributed by atoms with Gasteiger partial charge in [-0.1, -0.05) is 25.1 Å². The number of anilines is 1. The van der Waals surface area contributed by atoms with Crippen molar-refractivity contribution in [1.82, 2.24) is 4.90 Å². The molecule has 2 rings (SSSR count). The van der Waals surface area contributed by atoms with Gasteiger partial charge in [-0.3, -0.25) is 9.59 Å². The second-order valence-electron chi connectivity index (χ2n) is 5.84. The van der Waals surface area contributed by atoms with E-state index in [2.05, 4.69) is 6.92 Å². The number of benzene rings is 1. The molecule has 1 atom stereocenters. The van der Waals surface area contributed by atoms with Gasteiger partial charge in [0.15, 0.2) is 0 Å². The maximum Gasteiger partial charge on any atom is 0.224 e. The first kappa shape index (κ1) is 15.5. The van der Waals surface area contributed by atoms with E-state index in [-0.39, 0.29) is 11.8 Å². The lowest BCUT2D eigenvalue weighted by molar-refractivity contribution is -0.132. The van der Waals surface area contributed by atoms with E-state index in [4.69, 9.17) is 0 Å². The summed E-state index contributed by atoms with van der Waals surface area (Å²) in [4.78, 5) is 27.7. The molecule has 114 valence electrons. The summed E-state index contributed by atoms with van der Waals surface area (Å²) in [6.45, 7) is 5.88. The number of amides is 2. The zero-order valence-corrected chi connectivity index (χ0v) is 12.9. The minimum absolute atomic E-state index is 0.0268. The lowest BCUT2D eigenvalue weighted by Crippen LogP contribution is -2.41. The molecule has 4 heteroatoms. The van der Waals surface area contributed by atoms with Crippen LogP contribution < -0.4 is 4.90 Å². The molecule has 0 N–H and O–H groups in total. The number of likely N-dealkylation sites (tertiary alicyclic amines) is 1. The summed E-state index contributed by atoms with van der Waals surface area (Å²) in [6, 6.07) is 9.52. The van der Waals surface area contributed by atoms with Gasteiger partial charge < -0.3 is 9.80 Å². The highest BCUT2D eigenvalue weighted by Gasteiger charge is 2.22. The highest BCUT2D eigenvalue weighted by molar-refractivity contribution is 5.92. The predicted molar refractivity (Wildman–Crippen MR) is 84.1 cm³/mol. The average Bonchev–Trinajstić information content (AvgIpc) is 2.48. The number of piperidine rings is 1. The molecule has 1 aliphatic rings. The summed E-state index contributed by atoms with van der Waals surface area (Å²) in [6.07, 6.45) is 2.68. The van der Waals surface area contributed by atoms with Crippen LogP contribution in [-0.4, -0.2) is 36.3 Å². The fourth-order valence-electron chi connectivity index (χ4n) is 2.86. The van der Waals surface area contributed by atoms with E-state index in [0.717, 1.165) is 25.2 Å². The standard InChI is InChI=1S/C17H24N2O2/c1-14-7-6-11-18(13-14)17(21)10-12-19(15(2)20)16-8-4-3-5-9-16/h3-5,8-9,14H,6-7,10-13H2,1-2H3. The minimum Gasteiger partial charge on any atom is -0.342 e. The van der Waals surface area contributed by atoms with Crippen LogP contribution in [0.1, 0.15) is 33.1 Å². The highest BCUT2D eigenvalue weighted by atomic mass is 16.2. The monoisotopic (exact) mass is 288 g/mol. The van der Waals surface area contributed by atoms with E-state index in [1.165, 1.54) is 6.42 Å². The Morgan fingerprint density at radius 3 is 2.62 bits per heavy atom. The van der Waals surface area contributed by atoms with E-state index in [1.54, 1.807) is 11.8 Å². The van der Waals surface area contributed by atoms with Crippen molar-refractivity contribution in [1.29, 1.82) is 0 Å². The number of carbonyl (C=O) groups is 2. The normalized spacial score (nSPS) is 18.4. The highest BCUT2D eigenvalue weighted by Crippen LogP contribution is 2.18. The molecular formula is C17H24N2O2. The summed E-state index contributed by atoms with van der Waals surface area (Å²) in [7, 11) is 0. The molecule has 21 heavy (non-hydrogen) atoms. The molecule has 0 radical (unpaired) electrons. The second-order valence-corrected chi connectivity index (χ2v) is 5.84. The van der Waals surface area contributed by atoms with Crippen molar-refractivity contribution in [2.75, 3.05) is 24.5 Å². The molecular weight excluding hydrogens is 264 g/mol.